The first-order valence-electron chi connectivity index (χ1n) is 6.53. The van der Waals surface area contributed by atoms with Gasteiger partial charge in [-0.05, 0) is 53.9 Å². The minimum atomic E-state index is 0.0445. The SMILES string of the molecule is CC1OCCC1(C)NCc1cc(Br)c2c(c1)OCO2. The minimum Gasteiger partial charge on any atom is -0.454 e. The van der Waals surface area contributed by atoms with Crippen LogP contribution < -0.4 is 14.8 Å². The van der Waals surface area contributed by atoms with Crippen LogP contribution in [0.1, 0.15) is 25.8 Å². The first kappa shape index (κ1) is 13.2. The van der Waals surface area contributed by atoms with Gasteiger partial charge in [-0.15, -0.1) is 0 Å². The third kappa shape index (κ3) is 2.47. The number of ether oxygens (including phenoxy) is 3. The monoisotopic (exact) mass is 327 g/mol. The zero-order chi connectivity index (χ0) is 13.5. The fourth-order valence-corrected chi connectivity index (χ4v) is 3.10. The zero-order valence-electron chi connectivity index (χ0n) is 11.2. The molecule has 104 valence electrons. The van der Waals surface area contributed by atoms with Crippen molar-refractivity contribution in [3.05, 3.63) is 22.2 Å². The lowest BCUT2D eigenvalue weighted by atomic mass is 9.94. The van der Waals surface area contributed by atoms with Gasteiger partial charge in [-0.1, -0.05) is 0 Å². The predicted octanol–water partition coefficient (Wildman–Crippen LogP) is 2.83. The summed E-state index contributed by atoms with van der Waals surface area (Å²) in [5.41, 5.74) is 1.22. The molecule has 3 rings (SSSR count). The molecular formula is C14H18BrNO3. The van der Waals surface area contributed by atoms with Crippen LogP contribution in [-0.4, -0.2) is 25.0 Å². The molecule has 1 N–H and O–H groups in total. The van der Waals surface area contributed by atoms with Crippen molar-refractivity contribution in [3.63, 3.8) is 0 Å². The van der Waals surface area contributed by atoms with E-state index < -0.39 is 0 Å². The van der Waals surface area contributed by atoms with Crippen LogP contribution >= 0.6 is 15.9 Å². The molecule has 2 atom stereocenters. The van der Waals surface area contributed by atoms with Gasteiger partial charge in [-0.25, -0.2) is 0 Å². The van der Waals surface area contributed by atoms with E-state index in [1.165, 1.54) is 5.56 Å². The highest BCUT2D eigenvalue weighted by Crippen LogP contribution is 2.40. The Balaban J connectivity index is 1.72. The van der Waals surface area contributed by atoms with Gasteiger partial charge >= 0.3 is 0 Å². The fourth-order valence-electron chi connectivity index (χ4n) is 2.49. The molecule has 2 aliphatic heterocycles. The molecule has 0 aromatic heterocycles. The minimum absolute atomic E-state index is 0.0445. The van der Waals surface area contributed by atoms with Crippen LogP contribution in [0, 0.1) is 0 Å². The van der Waals surface area contributed by atoms with Crippen molar-refractivity contribution >= 4 is 15.9 Å². The first-order chi connectivity index (χ1) is 9.08. The van der Waals surface area contributed by atoms with Crippen molar-refractivity contribution in [3.8, 4) is 11.5 Å². The summed E-state index contributed by atoms with van der Waals surface area (Å²) >= 11 is 3.52. The van der Waals surface area contributed by atoms with Gasteiger partial charge in [-0.3, -0.25) is 0 Å². The van der Waals surface area contributed by atoms with E-state index in [0.29, 0.717) is 6.79 Å². The smallest absolute Gasteiger partial charge is 0.231 e. The quantitative estimate of drug-likeness (QED) is 0.926. The average molecular weight is 328 g/mol. The van der Waals surface area contributed by atoms with E-state index in [0.717, 1.165) is 35.5 Å². The number of hydrogen-bond donors (Lipinski definition) is 1. The second-order valence-corrected chi connectivity index (χ2v) is 6.20. The predicted molar refractivity (Wildman–Crippen MR) is 75.5 cm³/mol. The molecule has 1 aromatic rings. The van der Waals surface area contributed by atoms with Crippen LogP contribution in [0.5, 0.6) is 11.5 Å². The van der Waals surface area contributed by atoms with Crippen LogP contribution in [0.25, 0.3) is 0 Å². The Bertz CT molecular complexity index is 494. The van der Waals surface area contributed by atoms with Crippen molar-refractivity contribution in [2.24, 2.45) is 0 Å². The van der Waals surface area contributed by atoms with E-state index in [9.17, 15) is 0 Å². The van der Waals surface area contributed by atoms with Gasteiger partial charge in [0.1, 0.15) is 0 Å². The van der Waals surface area contributed by atoms with Gasteiger partial charge in [0.2, 0.25) is 6.79 Å². The lowest BCUT2D eigenvalue weighted by molar-refractivity contribution is 0.0881. The number of halogens is 1. The van der Waals surface area contributed by atoms with E-state index >= 15 is 0 Å². The van der Waals surface area contributed by atoms with E-state index in [4.69, 9.17) is 14.2 Å². The fraction of sp³-hybridized carbons (Fsp3) is 0.571. The van der Waals surface area contributed by atoms with Crippen LogP contribution in [-0.2, 0) is 11.3 Å². The molecule has 0 aliphatic carbocycles. The van der Waals surface area contributed by atoms with Crippen molar-refractivity contribution in [2.45, 2.75) is 38.5 Å². The molecule has 1 saturated heterocycles. The van der Waals surface area contributed by atoms with Crippen molar-refractivity contribution < 1.29 is 14.2 Å². The number of hydrogen-bond acceptors (Lipinski definition) is 4. The van der Waals surface area contributed by atoms with Gasteiger partial charge < -0.3 is 19.5 Å². The maximum absolute atomic E-state index is 5.64. The van der Waals surface area contributed by atoms with Gasteiger partial charge in [0.15, 0.2) is 11.5 Å². The van der Waals surface area contributed by atoms with Crippen LogP contribution in [0.15, 0.2) is 16.6 Å². The lowest BCUT2D eigenvalue weighted by Crippen LogP contribution is -2.47. The molecule has 2 heterocycles. The average Bonchev–Trinajstić information content (AvgIpc) is 2.96. The Kier molecular flexibility index (Phi) is 3.45. The molecule has 0 saturated carbocycles. The van der Waals surface area contributed by atoms with Crippen molar-refractivity contribution in [1.29, 1.82) is 0 Å². The largest absolute Gasteiger partial charge is 0.454 e. The Morgan fingerprint density at radius 1 is 1.42 bits per heavy atom. The Morgan fingerprint density at radius 3 is 3.00 bits per heavy atom. The van der Waals surface area contributed by atoms with Crippen LogP contribution in [0.2, 0.25) is 0 Å². The first-order valence-corrected chi connectivity index (χ1v) is 7.32. The molecule has 2 unspecified atom stereocenters. The molecule has 0 bridgehead atoms. The zero-order valence-corrected chi connectivity index (χ0v) is 12.7. The molecule has 0 amide bonds. The van der Waals surface area contributed by atoms with Gasteiger partial charge in [0.05, 0.1) is 10.6 Å². The maximum Gasteiger partial charge on any atom is 0.231 e. The van der Waals surface area contributed by atoms with Gasteiger partial charge in [0, 0.05) is 18.7 Å². The number of rotatable bonds is 3. The summed E-state index contributed by atoms with van der Waals surface area (Å²) in [6.07, 6.45) is 1.28. The Morgan fingerprint density at radius 2 is 2.26 bits per heavy atom. The molecular weight excluding hydrogens is 310 g/mol. The molecule has 2 aliphatic rings. The topological polar surface area (TPSA) is 39.7 Å². The normalized spacial score (nSPS) is 28.9. The number of fused-ring (bicyclic) bond motifs is 1. The van der Waals surface area contributed by atoms with Crippen molar-refractivity contribution in [2.75, 3.05) is 13.4 Å². The van der Waals surface area contributed by atoms with E-state index in [-0.39, 0.29) is 11.6 Å². The summed E-state index contributed by atoms with van der Waals surface area (Å²) in [5.74, 6) is 1.61. The van der Waals surface area contributed by atoms with Crippen molar-refractivity contribution in [1.82, 2.24) is 5.32 Å². The molecule has 19 heavy (non-hydrogen) atoms. The third-order valence-electron chi connectivity index (χ3n) is 4.07. The highest BCUT2D eigenvalue weighted by molar-refractivity contribution is 9.10. The third-order valence-corrected chi connectivity index (χ3v) is 4.66. The maximum atomic E-state index is 5.64. The summed E-state index contributed by atoms with van der Waals surface area (Å²) in [4.78, 5) is 0. The van der Waals surface area contributed by atoms with E-state index in [1.807, 2.05) is 6.07 Å². The lowest BCUT2D eigenvalue weighted by Gasteiger charge is -2.29. The van der Waals surface area contributed by atoms with Crippen LogP contribution in [0.4, 0.5) is 0 Å². The number of nitrogens with one attached hydrogen (secondary N) is 1. The van der Waals surface area contributed by atoms with Gasteiger partial charge in [-0.2, -0.15) is 0 Å². The summed E-state index contributed by atoms with van der Waals surface area (Å²) in [5, 5.41) is 3.60. The second-order valence-electron chi connectivity index (χ2n) is 5.35. The molecule has 1 aromatic carbocycles. The van der Waals surface area contributed by atoms with E-state index in [1.54, 1.807) is 0 Å². The molecule has 4 nitrogen and oxygen atoms in total. The summed E-state index contributed by atoms with van der Waals surface area (Å²) in [6.45, 7) is 6.25. The second kappa shape index (κ2) is 4.96. The molecule has 1 fully saturated rings. The highest BCUT2D eigenvalue weighted by Gasteiger charge is 2.36. The molecule has 0 radical (unpaired) electrons. The summed E-state index contributed by atoms with van der Waals surface area (Å²) < 4.78 is 17.4. The standard InChI is InChI=1S/C14H18BrNO3/c1-9-14(2,3-4-17-9)16-7-10-5-11(15)13-12(6-10)18-8-19-13/h5-6,9,16H,3-4,7-8H2,1-2H3. The Labute approximate surface area is 121 Å². The Hall–Kier alpha value is -0.780. The van der Waals surface area contributed by atoms with Gasteiger partial charge in [0.25, 0.3) is 0 Å². The van der Waals surface area contributed by atoms with E-state index in [2.05, 4.69) is 41.2 Å². The van der Waals surface area contributed by atoms with Crippen LogP contribution in [0.3, 0.4) is 0 Å². The molecule has 0 spiro atoms. The molecule has 5 heteroatoms. The summed E-state index contributed by atoms with van der Waals surface area (Å²) in [7, 11) is 0. The highest BCUT2D eigenvalue weighted by atomic mass is 79.9. The number of benzene rings is 1. The summed E-state index contributed by atoms with van der Waals surface area (Å²) in [6, 6.07) is 4.11.